The zero-order valence-electron chi connectivity index (χ0n) is 6.60. The number of hydrogen-bond donors (Lipinski definition) is 1. The van der Waals surface area contributed by atoms with Gasteiger partial charge in [-0.1, -0.05) is 0 Å². The standard InChI is InChI=1S/C7H13NO2/c1-5-6(9)8-7(2,3)4-10-5/h5H,4H2,1-3H3,(H,8,9)/t5-/m0/s1. The fourth-order valence-corrected chi connectivity index (χ4v) is 0.880. The van der Waals surface area contributed by atoms with Crippen LogP contribution < -0.4 is 5.32 Å². The van der Waals surface area contributed by atoms with E-state index in [1.165, 1.54) is 0 Å². The van der Waals surface area contributed by atoms with Crippen molar-refractivity contribution in [1.29, 1.82) is 0 Å². The minimum Gasteiger partial charge on any atom is -0.366 e. The number of carbonyl (C=O) groups excluding carboxylic acids is 1. The highest BCUT2D eigenvalue weighted by molar-refractivity contribution is 5.81. The van der Waals surface area contributed by atoms with Crippen molar-refractivity contribution in [2.45, 2.75) is 32.4 Å². The topological polar surface area (TPSA) is 38.3 Å². The van der Waals surface area contributed by atoms with Gasteiger partial charge in [-0.25, -0.2) is 0 Å². The molecule has 0 aliphatic carbocycles. The molecule has 0 aromatic rings. The van der Waals surface area contributed by atoms with E-state index in [-0.39, 0.29) is 17.6 Å². The van der Waals surface area contributed by atoms with Gasteiger partial charge in [0.1, 0.15) is 6.10 Å². The molecule has 0 saturated carbocycles. The minimum absolute atomic E-state index is 0.0174. The molecule has 10 heavy (non-hydrogen) atoms. The molecule has 1 aliphatic rings. The second kappa shape index (κ2) is 2.23. The Balaban J connectivity index is 2.57. The van der Waals surface area contributed by atoms with Crippen molar-refractivity contribution in [2.24, 2.45) is 0 Å². The highest BCUT2D eigenvalue weighted by atomic mass is 16.5. The van der Waals surface area contributed by atoms with E-state index in [1.807, 2.05) is 13.8 Å². The van der Waals surface area contributed by atoms with Crippen LogP contribution in [0.4, 0.5) is 0 Å². The Kier molecular flexibility index (Phi) is 1.68. The second-order valence-electron chi connectivity index (χ2n) is 3.33. The predicted molar refractivity (Wildman–Crippen MR) is 37.6 cm³/mol. The van der Waals surface area contributed by atoms with E-state index >= 15 is 0 Å². The lowest BCUT2D eigenvalue weighted by atomic mass is 10.0. The van der Waals surface area contributed by atoms with Crippen LogP contribution in [-0.2, 0) is 9.53 Å². The number of morpholine rings is 1. The predicted octanol–water partition coefficient (Wildman–Crippen LogP) is 0.300. The summed E-state index contributed by atoms with van der Waals surface area (Å²) in [6.45, 7) is 6.23. The van der Waals surface area contributed by atoms with Gasteiger partial charge in [0, 0.05) is 0 Å². The molecule has 0 aromatic carbocycles. The molecule has 0 unspecified atom stereocenters. The highest BCUT2D eigenvalue weighted by Gasteiger charge is 2.30. The molecule has 58 valence electrons. The molecular formula is C7H13NO2. The Hall–Kier alpha value is -0.570. The van der Waals surface area contributed by atoms with E-state index < -0.39 is 0 Å². The molecule has 3 nitrogen and oxygen atoms in total. The van der Waals surface area contributed by atoms with E-state index in [2.05, 4.69) is 5.32 Å². The Morgan fingerprint density at radius 2 is 2.30 bits per heavy atom. The van der Waals surface area contributed by atoms with Crippen molar-refractivity contribution in [3.05, 3.63) is 0 Å². The molecule has 0 bridgehead atoms. The summed E-state index contributed by atoms with van der Waals surface area (Å²) in [5.74, 6) is -0.0174. The van der Waals surface area contributed by atoms with Crippen molar-refractivity contribution in [3.8, 4) is 0 Å². The number of rotatable bonds is 0. The first-order chi connectivity index (χ1) is 4.51. The lowest BCUT2D eigenvalue weighted by Gasteiger charge is -2.33. The first-order valence-corrected chi connectivity index (χ1v) is 3.45. The Morgan fingerprint density at radius 1 is 1.70 bits per heavy atom. The molecular weight excluding hydrogens is 130 g/mol. The normalized spacial score (nSPS) is 31.5. The van der Waals surface area contributed by atoms with Gasteiger partial charge in [-0.15, -0.1) is 0 Å². The van der Waals surface area contributed by atoms with E-state index in [4.69, 9.17) is 4.74 Å². The lowest BCUT2D eigenvalue weighted by Crippen LogP contribution is -2.56. The Labute approximate surface area is 60.7 Å². The number of nitrogens with one attached hydrogen (secondary N) is 1. The van der Waals surface area contributed by atoms with Crippen molar-refractivity contribution in [1.82, 2.24) is 5.32 Å². The zero-order valence-corrected chi connectivity index (χ0v) is 6.60. The van der Waals surface area contributed by atoms with Crippen LogP contribution in [0.2, 0.25) is 0 Å². The van der Waals surface area contributed by atoms with E-state index in [9.17, 15) is 4.79 Å². The Morgan fingerprint density at radius 3 is 2.70 bits per heavy atom. The number of carbonyl (C=O) groups is 1. The van der Waals surface area contributed by atoms with Crippen LogP contribution in [0.25, 0.3) is 0 Å². The molecule has 1 heterocycles. The average Bonchev–Trinajstić information content (AvgIpc) is 1.79. The van der Waals surface area contributed by atoms with Crippen molar-refractivity contribution in [3.63, 3.8) is 0 Å². The van der Waals surface area contributed by atoms with Gasteiger partial charge < -0.3 is 10.1 Å². The third kappa shape index (κ3) is 1.48. The monoisotopic (exact) mass is 143 g/mol. The summed E-state index contributed by atoms with van der Waals surface area (Å²) >= 11 is 0. The third-order valence-corrected chi connectivity index (χ3v) is 1.52. The van der Waals surface area contributed by atoms with Crippen LogP contribution in [0.3, 0.4) is 0 Å². The first kappa shape index (κ1) is 7.54. The van der Waals surface area contributed by atoms with Crippen LogP contribution >= 0.6 is 0 Å². The quantitative estimate of drug-likeness (QED) is 0.529. The molecule has 1 N–H and O–H groups in total. The van der Waals surface area contributed by atoms with Crippen LogP contribution in [0, 0.1) is 0 Å². The van der Waals surface area contributed by atoms with E-state index in [0.29, 0.717) is 6.61 Å². The second-order valence-corrected chi connectivity index (χ2v) is 3.33. The summed E-state index contributed by atoms with van der Waals surface area (Å²) < 4.78 is 5.19. The van der Waals surface area contributed by atoms with Gasteiger partial charge in [0.05, 0.1) is 12.1 Å². The van der Waals surface area contributed by atoms with E-state index in [1.54, 1.807) is 6.92 Å². The fraction of sp³-hybridized carbons (Fsp3) is 0.857. The molecule has 1 amide bonds. The zero-order chi connectivity index (χ0) is 7.78. The molecule has 1 saturated heterocycles. The third-order valence-electron chi connectivity index (χ3n) is 1.52. The van der Waals surface area contributed by atoms with Crippen molar-refractivity contribution in [2.75, 3.05) is 6.61 Å². The molecule has 3 heteroatoms. The van der Waals surface area contributed by atoms with Gasteiger partial charge in [-0.05, 0) is 20.8 Å². The molecule has 0 aromatic heterocycles. The van der Waals surface area contributed by atoms with Crippen LogP contribution in [0.5, 0.6) is 0 Å². The van der Waals surface area contributed by atoms with E-state index in [0.717, 1.165) is 0 Å². The number of amides is 1. The van der Waals surface area contributed by atoms with Gasteiger partial charge in [0.2, 0.25) is 5.91 Å². The largest absolute Gasteiger partial charge is 0.366 e. The smallest absolute Gasteiger partial charge is 0.249 e. The van der Waals surface area contributed by atoms with Gasteiger partial charge >= 0.3 is 0 Å². The molecule has 0 spiro atoms. The average molecular weight is 143 g/mol. The molecule has 0 radical (unpaired) electrons. The maximum atomic E-state index is 11.0. The summed E-state index contributed by atoms with van der Waals surface area (Å²) in [5.41, 5.74) is -0.191. The van der Waals surface area contributed by atoms with Gasteiger partial charge in [0.15, 0.2) is 0 Å². The lowest BCUT2D eigenvalue weighted by molar-refractivity contribution is -0.142. The van der Waals surface area contributed by atoms with Crippen LogP contribution in [0.15, 0.2) is 0 Å². The molecule has 1 fully saturated rings. The van der Waals surface area contributed by atoms with Gasteiger partial charge in [0.25, 0.3) is 0 Å². The van der Waals surface area contributed by atoms with Crippen molar-refractivity contribution >= 4 is 5.91 Å². The maximum absolute atomic E-state index is 11.0. The molecule has 1 aliphatic heterocycles. The van der Waals surface area contributed by atoms with Crippen LogP contribution in [0.1, 0.15) is 20.8 Å². The van der Waals surface area contributed by atoms with Crippen LogP contribution in [-0.4, -0.2) is 24.2 Å². The minimum atomic E-state index is -0.284. The summed E-state index contributed by atoms with van der Waals surface area (Å²) in [7, 11) is 0. The van der Waals surface area contributed by atoms with Gasteiger partial charge in [-0.2, -0.15) is 0 Å². The molecule has 1 atom stereocenters. The SMILES string of the molecule is C[C@@H]1OCC(C)(C)NC1=O. The summed E-state index contributed by atoms with van der Waals surface area (Å²) in [6.07, 6.45) is -0.284. The maximum Gasteiger partial charge on any atom is 0.249 e. The fourth-order valence-electron chi connectivity index (χ4n) is 0.880. The summed E-state index contributed by atoms with van der Waals surface area (Å²) in [4.78, 5) is 11.0. The number of hydrogen-bond acceptors (Lipinski definition) is 2. The number of ether oxygens (including phenoxy) is 1. The summed E-state index contributed by atoms with van der Waals surface area (Å²) in [5, 5.41) is 2.84. The summed E-state index contributed by atoms with van der Waals surface area (Å²) in [6, 6.07) is 0. The van der Waals surface area contributed by atoms with Crippen molar-refractivity contribution < 1.29 is 9.53 Å². The first-order valence-electron chi connectivity index (χ1n) is 3.45. The Bertz CT molecular complexity index is 154. The highest BCUT2D eigenvalue weighted by Crippen LogP contribution is 2.10. The molecule has 1 rings (SSSR count). The van der Waals surface area contributed by atoms with Gasteiger partial charge in [-0.3, -0.25) is 4.79 Å².